The minimum Gasteiger partial charge on any atom is -0.393 e. The van der Waals surface area contributed by atoms with Crippen molar-refractivity contribution in [3.05, 3.63) is 12.2 Å². The fourth-order valence-electron chi connectivity index (χ4n) is 4.98. The second kappa shape index (κ2) is 3.25. The lowest BCUT2D eigenvalue weighted by atomic mass is 9.55. The van der Waals surface area contributed by atoms with Crippen LogP contribution >= 0.6 is 0 Å². The van der Waals surface area contributed by atoms with Gasteiger partial charge < -0.3 is 19.7 Å². The Morgan fingerprint density at radius 1 is 1.21 bits per heavy atom. The van der Waals surface area contributed by atoms with E-state index < -0.39 is 11.2 Å². The van der Waals surface area contributed by atoms with E-state index in [0.717, 1.165) is 19.3 Å². The first-order valence-electron chi connectivity index (χ1n) is 7.23. The summed E-state index contributed by atoms with van der Waals surface area (Å²) in [7, 11) is 0. The third-order valence-electron chi connectivity index (χ3n) is 6.34. The summed E-state index contributed by atoms with van der Waals surface area (Å²) >= 11 is 0. The van der Waals surface area contributed by atoms with Crippen molar-refractivity contribution in [2.24, 2.45) is 10.8 Å². The molecule has 6 atom stereocenters. The summed E-state index contributed by atoms with van der Waals surface area (Å²) < 4.78 is 12.2. The Kier molecular flexibility index (Phi) is 2.11. The van der Waals surface area contributed by atoms with Gasteiger partial charge in [0.2, 0.25) is 0 Å². The maximum absolute atomic E-state index is 10.1. The first-order chi connectivity index (χ1) is 8.87. The van der Waals surface area contributed by atoms with Gasteiger partial charge in [-0.2, -0.15) is 0 Å². The highest BCUT2D eigenvalue weighted by atomic mass is 16.7. The van der Waals surface area contributed by atoms with Crippen molar-refractivity contribution in [2.75, 3.05) is 6.61 Å². The summed E-state index contributed by atoms with van der Waals surface area (Å²) in [6.45, 7) is 4.13. The molecule has 0 radical (unpaired) electrons. The van der Waals surface area contributed by atoms with E-state index in [0.29, 0.717) is 6.42 Å². The standard InChI is InChI=1S/C15H22O4/c1-12(17)3-5-14(6-4-12)11-18-10-7-13(14,2)15(8-10,9-16)19-11/h3,5,10-11,16-17H,4,6-9H2,1-2H3/t10-,11-,12-,13-,14-,15+/m1/s1. The average Bonchev–Trinajstić information content (AvgIpc) is 2.64. The van der Waals surface area contributed by atoms with Crippen molar-refractivity contribution in [1.82, 2.24) is 0 Å². The SMILES string of the molecule is C[C@]12C[C@@H]3C[C@@]1(CO)O[C@@H](O3)[C@]21C=C[C@@](C)(O)CC1. The molecule has 0 unspecified atom stereocenters. The van der Waals surface area contributed by atoms with E-state index in [1.165, 1.54) is 0 Å². The zero-order valence-corrected chi connectivity index (χ0v) is 11.6. The first-order valence-corrected chi connectivity index (χ1v) is 7.23. The van der Waals surface area contributed by atoms with E-state index >= 15 is 0 Å². The van der Waals surface area contributed by atoms with Crippen LogP contribution in [0.1, 0.15) is 39.5 Å². The quantitative estimate of drug-likeness (QED) is 0.704. The topological polar surface area (TPSA) is 58.9 Å². The van der Waals surface area contributed by atoms with E-state index in [9.17, 15) is 10.2 Å². The molecule has 5 rings (SSSR count). The molecule has 4 bridgehead atoms. The van der Waals surface area contributed by atoms with Gasteiger partial charge in [-0.1, -0.05) is 19.1 Å². The van der Waals surface area contributed by atoms with Crippen molar-refractivity contribution < 1.29 is 19.7 Å². The molecule has 4 nitrogen and oxygen atoms in total. The number of rotatable bonds is 1. The second-order valence-electron chi connectivity index (χ2n) is 7.33. The van der Waals surface area contributed by atoms with E-state index in [2.05, 4.69) is 13.0 Å². The molecule has 106 valence electrons. The molecule has 19 heavy (non-hydrogen) atoms. The lowest BCUT2D eigenvalue weighted by Crippen LogP contribution is -2.52. The summed E-state index contributed by atoms with van der Waals surface area (Å²) in [6, 6.07) is 0. The van der Waals surface area contributed by atoms with Crippen LogP contribution in [0.4, 0.5) is 0 Å². The predicted octanol–water partition coefficient (Wildman–Crippen LogP) is 1.36. The van der Waals surface area contributed by atoms with E-state index in [1.807, 2.05) is 13.0 Å². The third kappa shape index (κ3) is 1.20. The molecule has 3 saturated heterocycles. The molecule has 0 aromatic rings. The molecular weight excluding hydrogens is 244 g/mol. The Balaban J connectivity index is 1.83. The van der Waals surface area contributed by atoms with Crippen LogP contribution in [-0.2, 0) is 9.47 Å². The van der Waals surface area contributed by atoms with Gasteiger partial charge in [-0.15, -0.1) is 0 Å². The molecule has 4 heteroatoms. The van der Waals surface area contributed by atoms with Crippen LogP contribution in [0.3, 0.4) is 0 Å². The maximum atomic E-state index is 10.1. The number of ether oxygens (including phenoxy) is 2. The lowest BCUT2D eigenvalue weighted by molar-refractivity contribution is -0.261. The number of hydrogen-bond acceptors (Lipinski definition) is 4. The van der Waals surface area contributed by atoms with Crippen LogP contribution in [0, 0.1) is 10.8 Å². The smallest absolute Gasteiger partial charge is 0.168 e. The van der Waals surface area contributed by atoms with Gasteiger partial charge in [0.05, 0.1) is 18.3 Å². The largest absolute Gasteiger partial charge is 0.393 e. The molecule has 0 aromatic carbocycles. The zero-order valence-electron chi connectivity index (χ0n) is 11.6. The summed E-state index contributed by atoms with van der Waals surface area (Å²) in [5, 5.41) is 20.0. The van der Waals surface area contributed by atoms with E-state index in [1.54, 1.807) is 0 Å². The Morgan fingerprint density at radius 3 is 2.63 bits per heavy atom. The first kappa shape index (κ1) is 12.3. The fourth-order valence-corrected chi connectivity index (χ4v) is 4.98. The summed E-state index contributed by atoms with van der Waals surface area (Å²) in [5.41, 5.74) is -1.46. The third-order valence-corrected chi connectivity index (χ3v) is 6.34. The summed E-state index contributed by atoms with van der Waals surface area (Å²) in [6.07, 6.45) is 7.27. The number of hydrogen-bond donors (Lipinski definition) is 2. The molecule has 0 amide bonds. The van der Waals surface area contributed by atoms with Crippen LogP contribution in [0.5, 0.6) is 0 Å². The van der Waals surface area contributed by atoms with Gasteiger partial charge in [0.15, 0.2) is 6.29 Å². The zero-order chi connectivity index (χ0) is 13.5. The second-order valence-corrected chi connectivity index (χ2v) is 7.33. The highest BCUT2D eigenvalue weighted by Crippen LogP contribution is 2.72. The van der Waals surface area contributed by atoms with E-state index in [4.69, 9.17) is 9.47 Å². The van der Waals surface area contributed by atoms with Gasteiger partial charge in [0.1, 0.15) is 5.60 Å². The molecule has 2 aliphatic carbocycles. The highest BCUT2D eigenvalue weighted by molar-refractivity contribution is 5.30. The van der Waals surface area contributed by atoms with Crippen LogP contribution in [0.2, 0.25) is 0 Å². The summed E-state index contributed by atoms with van der Waals surface area (Å²) in [4.78, 5) is 0. The molecule has 1 spiro atoms. The Bertz CT molecular complexity index is 459. The molecule has 2 N–H and O–H groups in total. The molecule has 4 fully saturated rings. The summed E-state index contributed by atoms with van der Waals surface area (Å²) in [5.74, 6) is 0. The fraction of sp³-hybridized carbons (Fsp3) is 0.867. The van der Waals surface area contributed by atoms with Crippen molar-refractivity contribution in [3.8, 4) is 0 Å². The van der Waals surface area contributed by atoms with Crippen LogP contribution in [-0.4, -0.2) is 40.4 Å². The molecular formula is C15H22O4. The Hall–Kier alpha value is -0.420. The number of aliphatic hydroxyl groups is 2. The molecule has 1 saturated carbocycles. The highest BCUT2D eigenvalue weighted by Gasteiger charge is 2.77. The normalized spacial score (nSPS) is 62.3. The molecule has 0 aromatic heterocycles. The van der Waals surface area contributed by atoms with Gasteiger partial charge in [0.25, 0.3) is 0 Å². The lowest BCUT2D eigenvalue weighted by Gasteiger charge is -2.50. The maximum Gasteiger partial charge on any atom is 0.168 e. The average molecular weight is 266 g/mol. The van der Waals surface area contributed by atoms with Crippen molar-refractivity contribution in [1.29, 1.82) is 0 Å². The molecule has 3 aliphatic heterocycles. The van der Waals surface area contributed by atoms with E-state index in [-0.39, 0.29) is 29.8 Å². The van der Waals surface area contributed by atoms with Gasteiger partial charge in [-0.3, -0.25) is 0 Å². The van der Waals surface area contributed by atoms with Crippen molar-refractivity contribution in [3.63, 3.8) is 0 Å². The minimum atomic E-state index is -0.728. The monoisotopic (exact) mass is 266 g/mol. The number of aliphatic hydroxyl groups excluding tert-OH is 1. The van der Waals surface area contributed by atoms with Gasteiger partial charge in [-0.05, 0) is 26.2 Å². The van der Waals surface area contributed by atoms with Crippen molar-refractivity contribution in [2.45, 2.75) is 63.1 Å². The Morgan fingerprint density at radius 2 is 2.00 bits per heavy atom. The predicted molar refractivity (Wildman–Crippen MR) is 68.3 cm³/mol. The van der Waals surface area contributed by atoms with Crippen LogP contribution in [0.25, 0.3) is 0 Å². The molecule has 5 aliphatic rings. The van der Waals surface area contributed by atoms with Crippen LogP contribution < -0.4 is 0 Å². The minimum absolute atomic E-state index is 0.0614. The Labute approximate surface area is 113 Å². The van der Waals surface area contributed by atoms with Gasteiger partial charge in [-0.25, -0.2) is 0 Å². The molecule has 3 heterocycles. The van der Waals surface area contributed by atoms with Crippen molar-refractivity contribution >= 4 is 0 Å². The van der Waals surface area contributed by atoms with Gasteiger partial charge in [0, 0.05) is 17.3 Å². The van der Waals surface area contributed by atoms with Gasteiger partial charge >= 0.3 is 0 Å². The van der Waals surface area contributed by atoms with Crippen LogP contribution in [0.15, 0.2) is 12.2 Å².